The second-order valence-corrected chi connectivity index (χ2v) is 5.07. The summed E-state index contributed by atoms with van der Waals surface area (Å²) in [4.78, 5) is 11.0. The van der Waals surface area contributed by atoms with Crippen molar-refractivity contribution in [2.75, 3.05) is 19.5 Å². The quantitative estimate of drug-likeness (QED) is 0.867. The number of ether oxygens (including phenoxy) is 2. The molecule has 1 aromatic rings. The summed E-state index contributed by atoms with van der Waals surface area (Å²) < 4.78 is 10.6. The van der Waals surface area contributed by atoms with Gasteiger partial charge in [-0.3, -0.25) is 0 Å². The van der Waals surface area contributed by atoms with Crippen molar-refractivity contribution >= 4 is 11.7 Å². The van der Waals surface area contributed by atoms with Crippen molar-refractivity contribution in [1.29, 1.82) is 0 Å². The Labute approximate surface area is 118 Å². The fraction of sp³-hybridized carbons (Fsp3) is 0.533. The van der Waals surface area contributed by atoms with Crippen molar-refractivity contribution in [3.8, 4) is 5.75 Å². The number of aromatic carboxylic acids is 1. The van der Waals surface area contributed by atoms with Crippen molar-refractivity contribution < 1.29 is 19.4 Å². The van der Waals surface area contributed by atoms with E-state index in [0.717, 1.165) is 31.4 Å². The van der Waals surface area contributed by atoms with Gasteiger partial charge in [0.1, 0.15) is 5.75 Å². The van der Waals surface area contributed by atoms with Gasteiger partial charge in [0, 0.05) is 13.2 Å². The van der Waals surface area contributed by atoms with Gasteiger partial charge < -0.3 is 19.9 Å². The summed E-state index contributed by atoms with van der Waals surface area (Å²) in [5.41, 5.74) is 1.01. The predicted molar refractivity (Wildman–Crippen MR) is 76.6 cm³/mol. The van der Waals surface area contributed by atoms with Crippen LogP contribution in [0.15, 0.2) is 18.2 Å². The van der Waals surface area contributed by atoms with Crippen LogP contribution in [0.2, 0.25) is 0 Å². The van der Waals surface area contributed by atoms with E-state index in [1.807, 2.05) is 0 Å². The van der Waals surface area contributed by atoms with Crippen LogP contribution >= 0.6 is 0 Å². The number of anilines is 1. The van der Waals surface area contributed by atoms with E-state index in [1.165, 1.54) is 0 Å². The number of rotatable bonds is 5. The van der Waals surface area contributed by atoms with Gasteiger partial charge in [-0.05, 0) is 43.9 Å². The van der Waals surface area contributed by atoms with Crippen LogP contribution in [0.3, 0.4) is 0 Å². The molecule has 0 atom stereocenters. The molecule has 0 unspecified atom stereocenters. The van der Waals surface area contributed by atoms with E-state index in [4.69, 9.17) is 14.6 Å². The van der Waals surface area contributed by atoms with Gasteiger partial charge in [0.2, 0.25) is 0 Å². The van der Waals surface area contributed by atoms with Crippen LogP contribution in [-0.2, 0) is 4.74 Å². The first-order chi connectivity index (χ1) is 9.63. The van der Waals surface area contributed by atoms with Gasteiger partial charge in [-0.2, -0.15) is 0 Å². The van der Waals surface area contributed by atoms with Crippen LogP contribution in [-0.4, -0.2) is 37.4 Å². The molecular formula is C15H21NO4. The van der Waals surface area contributed by atoms with Gasteiger partial charge in [0.25, 0.3) is 0 Å². The van der Waals surface area contributed by atoms with E-state index < -0.39 is 5.97 Å². The Morgan fingerprint density at radius 1 is 1.25 bits per heavy atom. The number of carboxylic acids is 1. The molecule has 1 aliphatic carbocycles. The first-order valence-corrected chi connectivity index (χ1v) is 6.84. The molecule has 0 saturated heterocycles. The maximum Gasteiger partial charge on any atom is 0.335 e. The zero-order valence-corrected chi connectivity index (χ0v) is 11.9. The molecule has 1 aromatic carbocycles. The van der Waals surface area contributed by atoms with Gasteiger partial charge in [-0.15, -0.1) is 0 Å². The summed E-state index contributed by atoms with van der Waals surface area (Å²) in [6.07, 6.45) is 4.42. The average Bonchev–Trinajstić information content (AvgIpc) is 2.48. The third kappa shape index (κ3) is 3.42. The maximum atomic E-state index is 11.0. The van der Waals surface area contributed by atoms with E-state index in [2.05, 4.69) is 5.32 Å². The minimum Gasteiger partial charge on any atom is -0.495 e. The molecule has 0 bridgehead atoms. The van der Waals surface area contributed by atoms with Crippen LogP contribution in [0, 0.1) is 0 Å². The SMILES string of the molecule is COc1ccc(C(=O)O)cc1NC1CCC(OC)CC1. The normalized spacial score (nSPS) is 22.3. The van der Waals surface area contributed by atoms with E-state index in [0.29, 0.717) is 17.9 Å². The molecule has 110 valence electrons. The highest BCUT2D eigenvalue weighted by atomic mass is 16.5. The fourth-order valence-electron chi connectivity index (χ4n) is 2.62. The second kappa shape index (κ2) is 6.61. The number of nitrogens with one attached hydrogen (secondary N) is 1. The first-order valence-electron chi connectivity index (χ1n) is 6.84. The van der Waals surface area contributed by atoms with Gasteiger partial charge in [-0.1, -0.05) is 0 Å². The largest absolute Gasteiger partial charge is 0.495 e. The van der Waals surface area contributed by atoms with E-state index in [-0.39, 0.29) is 5.56 Å². The minimum atomic E-state index is -0.932. The predicted octanol–water partition coefficient (Wildman–Crippen LogP) is 2.76. The number of benzene rings is 1. The number of carboxylic acid groups (broad SMARTS) is 1. The van der Waals surface area contributed by atoms with Gasteiger partial charge in [-0.25, -0.2) is 4.79 Å². The molecule has 5 nitrogen and oxygen atoms in total. The highest BCUT2D eigenvalue weighted by Gasteiger charge is 2.21. The van der Waals surface area contributed by atoms with Crippen molar-refractivity contribution in [3.05, 3.63) is 23.8 Å². The molecule has 1 saturated carbocycles. The van der Waals surface area contributed by atoms with Crippen molar-refractivity contribution in [2.24, 2.45) is 0 Å². The van der Waals surface area contributed by atoms with Crippen LogP contribution in [0.1, 0.15) is 36.0 Å². The van der Waals surface area contributed by atoms with Gasteiger partial charge in [0.05, 0.1) is 24.5 Å². The summed E-state index contributed by atoms with van der Waals surface area (Å²) in [6.45, 7) is 0. The highest BCUT2D eigenvalue weighted by molar-refractivity contribution is 5.89. The van der Waals surface area contributed by atoms with Crippen molar-refractivity contribution in [2.45, 2.75) is 37.8 Å². The number of methoxy groups -OCH3 is 2. The maximum absolute atomic E-state index is 11.0. The van der Waals surface area contributed by atoms with Crippen LogP contribution in [0.4, 0.5) is 5.69 Å². The van der Waals surface area contributed by atoms with E-state index in [1.54, 1.807) is 32.4 Å². The number of hydrogen-bond donors (Lipinski definition) is 2. The van der Waals surface area contributed by atoms with Crippen LogP contribution < -0.4 is 10.1 Å². The molecule has 0 aliphatic heterocycles. The summed E-state index contributed by atoms with van der Waals surface area (Å²) in [5, 5.41) is 12.5. The zero-order chi connectivity index (χ0) is 14.5. The number of hydrogen-bond acceptors (Lipinski definition) is 4. The molecule has 0 spiro atoms. The lowest BCUT2D eigenvalue weighted by atomic mass is 9.92. The van der Waals surface area contributed by atoms with Crippen molar-refractivity contribution in [3.63, 3.8) is 0 Å². The molecule has 5 heteroatoms. The Bertz CT molecular complexity index is 467. The average molecular weight is 279 g/mol. The summed E-state index contributed by atoms with van der Waals surface area (Å²) in [5.74, 6) is -0.261. The smallest absolute Gasteiger partial charge is 0.335 e. The fourth-order valence-corrected chi connectivity index (χ4v) is 2.62. The molecule has 2 N–H and O–H groups in total. The molecule has 2 rings (SSSR count). The van der Waals surface area contributed by atoms with E-state index in [9.17, 15) is 4.79 Å². The minimum absolute atomic E-state index is 0.263. The topological polar surface area (TPSA) is 67.8 Å². The molecular weight excluding hydrogens is 258 g/mol. The monoisotopic (exact) mass is 279 g/mol. The molecule has 20 heavy (non-hydrogen) atoms. The Morgan fingerprint density at radius 3 is 2.50 bits per heavy atom. The molecule has 1 aliphatic rings. The van der Waals surface area contributed by atoms with Crippen LogP contribution in [0.25, 0.3) is 0 Å². The Balaban J connectivity index is 2.08. The lowest BCUT2D eigenvalue weighted by Crippen LogP contribution is -2.29. The third-order valence-electron chi connectivity index (χ3n) is 3.81. The zero-order valence-electron chi connectivity index (χ0n) is 11.9. The van der Waals surface area contributed by atoms with Crippen molar-refractivity contribution in [1.82, 2.24) is 0 Å². The molecule has 0 amide bonds. The van der Waals surface area contributed by atoms with Crippen LogP contribution in [0.5, 0.6) is 5.75 Å². The summed E-state index contributed by atoms with van der Waals surface area (Å²) >= 11 is 0. The van der Waals surface area contributed by atoms with Gasteiger partial charge in [0.15, 0.2) is 0 Å². The lowest BCUT2D eigenvalue weighted by molar-refractivity contribution is 0.0681. The molecule has 0 heterocycles. The molecule has 0 radical (unpaired) electrons. The molecule has 1 fully saturated rings. The second-order valence-electron chi connectivity index (χ2n) is 5.07. The summed E-state index contributed by atoms with van der Waals surface area (Å²) in [7, 11) is 3.33. The number of carbonyl (C=O) groups is 1. The Morgan fingerprint density at radius 2 is 1.95 bits per heavy atom. The Kier molecular flexibility index (Phi) is 4.84. The lowest BCUT2D eigenvalue weighted by Gasteiger charge is -2.29. The third-order valence-corrected chi connectivity index (χ3v) is 3.81. The summed E-state index contributed by atoms with van der Waals surface area (Å²) in [6, 6.07) is 5.20. The van der Waals surface area contributed by atoms with Gasteiger partial charge >= 0.3 is 5.97 Å². The highest BCUT2D eigenvalue weighted by Crippen LogP contribution is 2.30. The Hall–Kier alpha value is -1.75. The standard InChI is InChI=1S/C15H21NO4/c1-19-12-6-4-11(5-7-12)16-13-9-10(15(17)18)3-8-14(13)20-2/h3,8-9,11-12,16H,4-7H2,1-2H3,(H,17,18). The first kappa shape index (κ1) is 14.7. The molecule has 0 aromatic heterocycles. The van der Waals surface area contributed by atoms with E-state index >= 15 is 0 Å².